The zero-order valence-electron chi connectivity index (χ0n) is 23.4. The summed E-state index contributed by atoms with van der Waals surface area (Å²) in [7, 11) is 0. The van der Waals surface area contributed by atoms with Crippen molar-refractivity contribution >= 4 is 30.0 Å². The second-order valence-electron chi connectivity index (χ2n) is 10.2. The third kappa shape index (κ3) is 10.5. The molecule has 2 aromatic carbocycles. The van der Waals surface area contributed by atoms with Crippen molar-refractivity contribution in [3.8, 4) is 5.75 Å². The number of ether oxygens (including phenoxy) is 1. The molecule has 10 heteroatoms. The molecule has 0 spiro atoms. The van der Waals surface area contributed by atoms with E-state index in [1.807, 2.05) is 39.0 Å². The van der Waals surface area contributed by atoms with Gasteiger partial charge < -0.3 is 25.8 Å². The van der Waals surface area contributed by atoms with Gasteiger partial charge in [0.15, 0.2) is 6.29 Å². The van der Waals surface area contributed by atoms with Crippen LogP contribution in [0.4, 0.5) is 4.79 Å². The number of aldehydes is 1. The van der Waals surface area contributed by atoms with Gasteiger partial charge in [0.1, 0.15) is 24.4 Å². The zero-order valence-corrected chi connectivity index (χ0v) is 23.4. The minimum Gasteiger partial charge on any atom is -0.508 e. The largest absolute Gasteiger partial charge is 0.508 e. The Bertz CT molecular complexity index is 1140. The van der Waals surface area contributed by atoms with Gasteiger partial charge in [0.05, 0.1) is 6.04 Å². The number of carbonyl (C=O) groups is 5. The molecule has 0 aliphatic carbocycles. The molecule has 0 fully saturated rings. The van der Waals surface area contributed by atoms with Crippen molar-refractivity contribution in [1.82, 2.24) is 16.0 Å². The summed E-state index contributed by atoms with van der Waals surface area (Å²) in [6.45, 7) is 7.36. The molecule has 2 rings (SSSR count). The normalized spacial score (nSPS) is 13.8. The summed E-state index contributed by atoms with van der Waals surface area (Å²) >= 11 is 0. The van der Waals surface area contributed by atoms with E-state index in [0.717, 1.165) is 5.56 Å². The van der Waals surface area contributed by atoms with Crippen LogP contribution in [0, 0.1) is 11.8 Å². The highest BCUT2D eigenvalue weighted by molar-refractivity contribution is 6.28. The first-order chi connectivity index (χ1) is 19.0. The maximum atomic E-state index is 13.5. The lowest BCUT2D eigenvalue weighted by Crippen LogP contribution is -2.58. The lowest BCUT2D eigenvalue weighted by molar-refractivity contribution is -0.135. The van der Waals surface area contributed by atoms with E-state index in [0.29, 0.717) is 12.0 Å². The van der Waals surface area contributed by atoms with Gasteiger partial charge in [0, 0.05) is 6.42 Å². The number of benzene rings is 2. The Labute approximate surface area is 234 Å². The topological polar surface area (TPSA) is 151 Å². The molecule has 0 saturated heterocycles. The summed E-state index contributed by atoms with van der Waals surface area (Å²) in [5.41, 5.74) is 1.42. The average Bonchev–Trinajstić information content (AvgIpc) is 2.94. The number of hydrogen-bond donors (Lipinski definition) is 4. The highest BCUT2D eigenvalue weighted by Crippen LogP contribution is 2.14. The van der Waals surface area contributed by atoms with Gasteiger partial charge in [0.25, 0.3) is 0 Å². The van der Waals surface area contributed by atoms with Crippen molar-refractivity contribution in [2.24, 2.45) is 11.8 Å². The van der Waals surface area contributed by atoms with Gasteiger partial charge in [-0.15, -0.1) is 0 Å². The van der Waals surface area contributed by atoms with E-state index >= 15 is 0 Å². The molecule has 2 aromatic rings. The van der Waals surface area contributed by atoms with Gasteiger partial charge in [-0.3, -0.25) is 19.2 Å². The molecule has 0 saturated carbocycles. The predicted molar refractivity (Wildman–Crippen MR) is 149 cm³/mol. The fraction of sp³-hybridized carbons (Fsp3) is 0.433. The number of carbonyl (C=O) groups excluding carboxylic acids is 5. The van der Waals surface area contributed by atoms with E-state index < -0.39 is 41.8 Å². The maximum Gasteiger partial charge on any atom is 0.408 e. The number of phenols is 1. The van der Waals surface area contributed by atoms with Gasteiger partial charge in [0.2, 0.25) is 17.6 Å². The third-order valence-electron chi connectivity index (χ3n) is 6.47. The van der Waals surface area contributed by atoms with Crippen molar-refractivity contribution < 1.29 is 33.8 Å². The highest BCUT2D eigenvalue weighted by Gasteiger charge is 2.32. The molecular weight excluding hydrogens is 514 g/mol. The second kappa shape index (κ2) is 16.0. The molecule has 4 atom stereocenters. The summed E-state index contributed by atoms with van der Waals surface area (Å²) in [5.74, 6) is -2.22. The predicted octanol–water partition coefficient (Wildman–Crippen LogP) is 3.06. The summed E-state index contributed by atoms with van der Waals surface area (Å²) < 4.78 is 5.29. The minimum atomic E-state index is -1.12. The molecule has 0 aliphatic rings. The van der Waals surface area contributed by atoms with E-state index in [2.05, 4.69) is 16.0 Å². The molecule has 3 amide bonds. The van der Waals surface area contributed by atoms with Crippen LogP contribution in [-0.2, 0) is 36.9 Å². The molecule has 0 bridgehead atoms. The summed E-state index contributed by atoms with van der Waals surface area (Å²) in [5, 5.41) is 17.5. The average molecular weight is 554 g/mol. The highest BCUT2D eigenvalue weighted by atomic mass is 16.5. The number of Topliss-reactive ketones (excluding diaryl/α,β-unsaturated/α-hetero) is 1. The van der Waals surface area contributed by atoms with Crippen molar-refractivity contribution in [1.29, 1.82) is 0 Å². The molecule has 216 valence electrons. The van der Waals surface area contributed by atoms with Crippen LogP contribution >= 0.6 is 0 Å². The first-order valence-electron chi connectivity index (χ1n) is 13.4. The Morgan fingerprint density at radius 3 is 2.08 bits per heavy atom. The van der Waals surface area contributed by atoms with Crippen molar-refractivity contribution in [3.05, 3.63) is 65.7 Å². The Kier molecular flexibility index (Phi) is 12.8. The van der Waals surface area contributed by atoms with Crippen LogP contribution in [0.25, 0.3) is 0 Å². The van der Waals surface area contributed by atoms with Crippen molar-refractivity contribution in [3.63, 3.8) is 0 Å². The quantitative estimate of drug-likeness (QED) is 0.195. The molecule has 10 nitrogen and oxygen atoms in total. The van der Waals surface area contributed by atoms with Gasteiger partial charge in [-0.05, 0) is 41.5 Å². The fourth-order valence-corrected chi connectivity index (χ4v) is 4.00. The van der Waals surface area contributed by atoms with Crippen LogP contribution in [0.5, 0.6) is 5.75 Å². The lowest BCUT2D eigenvalue weighted by Gasteiger charge is -2.28. The number of rotatable bonds is 15. The molecule has 4 N–H and O–H groups in total. The minimum absolute atomic E-state index is 0.000121. The number of amides is 3. The third-order valence-corrected chi connectivity index (χ3v) is 6.47. The zero-order chi connectivity index (χ0) is 29.7. The Balaban J connectivity index is 2.22. The standard InChI is InChI=1S/C30H39N3O7/c1-5-20(4)27(29(38)31-24(15-19(2)3)26(36)17-34)33-28(37)25(16-21-11-13-23(35)14-12-21)32-30(39)40-18-22-9-7-6-8-10-22/h6-14,17,19-20,24-25,27,35H,5,15-16,18H2,1-4H3,(H,31,38)(H,32,39)(H,33,37)/t20-,24-,25-,27-/m0/s1. The molecule has 0 aliphatic heterocycles. The summed E-state index contributed by atoms with van der Waals surface area (Å²) in [4.78, 5) is 62.7. The lowest BCUT2D eigenvalue weighted by atomic mass is 9.95. The van der Waals surface area contributed by atoms with E-state index in [9.17, 15) is 29.1 Å². The summed E-state index contributed by atoms with van der Waals surface area (Å²) in [6, 6.07) is 12.1. The van der Waals surface area contributed by atoms with Gasteiger partial charge >= 0.3 is 6.09 Å². The Morgan fingerprint density at radius 1 is 0.850 bits per heavy atom. The summed E-state index contributed by atoms with van der Waals surface area (Å²) in [6.07, 6.45) is 0.220. The second-order valence-corrected chi connectivity index (χ2v) is 10.2. The van der Waals surface area contributed by atoms with E-state index in [-0.39, 0.29) is 43.3 Å². The van der Waals surface area contributed by atoms with Crippen molar-refractivity contribution in [2.45, 2.75) is 71.7 Å². The molecule has 0 heterocycles. The number of ketones is 1. The van der Waals surface area contributed by atoms with Crippen LogP contribution in [0.1, 0.15) is 51.7 Å². The number of aromatic hydroxyl groups is 1. The van der Waals surface area contributed by atoms with Crippen LogP contribution < -0.4 is 16.0 Å². The fourth-order valence-electron chi connectivity index (χ4n) is 4.00. The van der Waals surface area contributed by atoms with Crippen LogP contribution in [0.3, 0.4) is 0 Å². The van der Waals surface area contributed by atoms with Crippen molar-refractivity contribution in [2.75, 3.05) is 0 Å². The smallest absolute Gasteiger partial charge is 0.408 e. The first kappa shape index (κ1) is 32.0. The molecule has 0 aromatic heterocycles. The van der Waals surface area contributed by atoms with Crippen LogP contribution in [-0.4, -0.2) is 53.2 Å². The molecule has 40 heavy (non-hydrogen) atoms. The van der Waals surface area contributed by atoms with Crippen LogP contribution in [0.15, 0.2) is 54.6 Å². The Morgan fingerprint density at radius 2 is 1.50 bits per heavy atom. The van der Waals surface area contributed by atoms with E-state index in [4.69, 9.17) is 4.74 Å². The number of hydrogen-bond acceptors (Lipinski definition) is 7. The molecule has 0 radical (unpaired) electrons. The van der Waals surface area contributed by atoms with Gasteiger partial charge in [-0.1, -0.05) is 76.6 Å². The number of nitrogens with one attached hydrogen (secondary N) is 3. The van der Waals surface area contributed by atoms with Gasteiger partial charge in [-0.25, -0.2) is 4.79 Å². The van der Waals surface area contributed by atoms with E-state index in [1.165, 1.54) is 12.1 Å². The monoisotopic (exact) mass is 553 g/mol. The SMILES string of the molecule is CC[C@H](C)[C@H](NC(=O)[C@H](Cc1ccc(O)cc1)NC(=O)OCc1ccccc1)C(=O)N[C@@H](CC(C)C)C(=O)C=O. The maximum absolute atomic E-state index is 13.5. The Hall–Kier alpha value is -4.21. The van der Waals surface area contributed by atoms with Crippen LogP contribution in [0.2, 0.25) is 0 Å². The van der Waals surface area contributed by atoms with E-state index in [1.54, 1.807) is 31.2 Å². The first-order valence-corrected chi connectivity index (χ1v) is 13.4. The molecular formula is C30H39N3O7. The number of alkyl carbamates (subject to hydrolysis) is 1. The number of phenolic OH excluding ortho intramolecular Hbond substituents is 1. The van der Waals surface area contributed by atoms with Gasteiger partial charge in [-0.2, -0.15) is 0 Å². The molecule has 0 unspecified atom stereocenters.